The maximum atomic E-state index is 11.0. The second-order valence-corrected chi connectivity index (χ2v) is 4.55. The summed E-state index contributed by atoms with van der Waals surface area (Å²) in [5.74, 6) is -0.370. The van der Waals surface area contributed by atoms with Gasteiger partial charge in [-0.2, -0.15) is 5.10 Å². The van der Waals surface area contributed by atoms with Gasteiger partial charge in [0.2, 0.25) is 0 Å². The zero-order valence-corrected chi connectivity index (χ0v) is 10.0. The van der Waals surface area contributed by atoms with Crippen LogP contribution < -0.4 is 0 Å². The molecule has 16 heavy (non-hydrogen) atoms. The lowest BCUT2D eigenvalue weighted by molar-refractivity contribution is -0.140. The van der Waals surface area contributed by atoms with Crippen LogP contribution >= 0.6 is 23.6 Å². The Kier molecular flexibility index (Phi) is 2.88. The number of hydrogen-bond donors (Lipinski definition) is 2. The summed E-state index contributed by atoms with van der Waals surface area (Å²) < 4.78 is 1.82. The molecule has 0 fully saturated rings. The first-order chi connectivity index (χ1) is 7.61. The summed E-state index contributed by atoms with van der Waals surface area (Å²) in [5, 5.41) is 17.6. The van der Waals surface area contributed by atoms with Gasteiger partial charge in [-0.3, -0.25) is 9.67 Å². The molecule has 0 aliphatic heterocycles. The SMILES string of the molecule is C[C@@H](C(=O)O)n1c(-c2cccs2)n[nH]c1=S. The third-order valence-electron chi connectivity index (χ3n) is 2.19. The molecule has 84 valence electrons. The van der Waals surface area contributed by atoms with Crippen molar-refractivity contribution in [2.45, 2.75) is 13.0 Å². The fraction of sp³-hybridized carbons (Fsp3) is 0.222. The van der Waals surface area contributed by atoms with Crippen LogP contribution in [0.4, 0.5) is 0 Å². The van der Waals surface area contributed by atoms with Gasteiger partial charge in [0.15, 0.2) is 10.6 Å². The fourth-order valence-corrected chi connectivity index (χ4v) is 2.35. The van der Waals surface area contributed by atoms with Crippen molar-refractivity contribution in [3.63, 3.8) is 0 Å². The molecular weight excluding hydrogens is 246 g/mol. The van der Waals surface area contributed by atoms with Crippen LogP contribution in [0, 0.1) is 4.77 Å². The number of carboxylic acid groups (broad SMARTS) is 1. The third-order valence-corrected chi connectivity index (χ3v) is 3.34. The Bertz CT molecular complexity index is 556. The Morgan fingerprint density at radius 3 is 3.06 bits per heavy atom. The molecule has 2 aromatic heterocycles. The topological polar surface area (TPSA) is 70.9 Å². The molecular formula is C9H9N3O2S2. The van der Waals surface area contributed by atoms with Crippen molar-refractivity contribution < 1.29 is 9.90 Å². The fourth-order valence-electron chi connectivity index (χ4n) is 1.35. The molecule has 0 aliphatic rings. The van der Waals surface area contributed by atoms with E-state index in [1.807, 2.05) is 17.5 Å². The van der Waals surface area contributed by atoms with Crippen LogP contribution in [0.15, 0.2) is 17.5 Å². The number of carbonyl (C=O) groups is 1. The summed E-state index contributed by atoms with van der Waals surface area (Å²) in [6.45, 7) is 1.57. The van der Waals surface area contributed by atoms with Gasteiger partial charge in [-0.1, -0.05) is 6.07 Å². The molecule has 0 saturated carbocycles. The Balaban J connectivity index is 2.57. The quantitative estimate of drug-likeness (QED) is 0.826. The van der Waals surface area contributed by atoms with Crippen molar-refractivity contribution in [1.82, 2.24) is 14.8 Å². The van der Waals surface area contributed by atoms with Crippen molar-refractivity contribution in [2.24, 2.45) is 0 Å². The van der Waals surface area contributed by atoms with Crippen molar-refractivity contribution in [3.05, 3.63) is 22.3 Å². The maximum absolute atomic E-state index is 11.0. The highest BCUT2D eigenvalue weighted by Crippen LogP contribution is 2.25. The summed E-state index contributed by atoms with van der Waals surface area (Å²) in [7, 11) is 0. The molecule has 0 radical (unpaired) electrons. The van der Waals surface area contributed by atoms with Gasteiger partial charge < -0.3 is 5.11 Å². The Hall–Kier alpha value is -1.47. The first-order valence-corrected chi connectivity index (χ1v) is 5.83. The predicted molar refractivity (Wildman–Crippen MR) is 63.1 cm³/mol. The summed E-state index contributed by atoms with van der Waals surface area (Å²) in [6, 6.07) is 3.03. The Morgan fingerprint density at radius 2 is 2.50 bits per heavy atom. The number of nitrogens with zero attached hydrogens (tertiary/aromatic N) is 2. The Labute approximate surface area is 100 Å². The van der Waals surface area contributed by atoms with Crippen LogP contribution in [0.25, 0.3) is 10.7 Å². The molecule has 0 aliphatic carbocycles. The second kappa shape index (κ2) is 4.18. The van der Waals surface area contributed by atoms with E-state index in [1.54, 1.807) is 6.92 Å². The van der Waals surface area contributed by atoms with E-state index in [2.05, 4.69) is 10.2 Å². The van der Waals surface area contributed by atoms with Crippen molar-refractivity contribution in [2.75, 3.05) is 0 Å². The molecule has 1 atom stereocenters. The molecule has 2 heterocycles. The number of rotatable bonds is 3. The molecule has 2 aromatic rings. The number of nitrogens with one attached hydrogen (secondary N) is 1. The highest BCUT2D eigenvalue weighted by atomic mass is 32.1. The molecule has 7 heteroatoms. The van der Waals surface area contributed by atoms with E-state index in [0.717, 1.165) is 4.88 Å². The molecule has 0 spiro atoms. The van der Waals surface area contributed by atoms with E-state index in [0.29, 0.717) is 10.6 Å². The lowest BCUT2D eigenvalue weighted by Crippen LogP contribution is -2.16. The van der Waals surface area contributed by atoms with Crippen molar-refractivity contribution >= 4 is 29.5 Å². The van der Waals surface area contributed by atoms with Crippen LogP contribution in [0.1, 0.15) is 13.0 Å². The average Bonchev–Trinajstić information content (AvgIpc) is 2.84. The number of aliphatic carboxylic acids is 1. The average molecular weight is 255 g/mol. The number of thiophene rings is 1. The summed E-state index contributed by atoms with van der Waals surface area (Å²) in [5.41, 5.74) is 0. The van der Waals surface area contributed by atoms with Gasteiger partial charge in [-0.15, -0.1) is 11.3 Å². The molecule has 0 bridgehead atoms. The first-order valence-electron chi connectivity index (χ1n) is 4.55. The van der Waals surface area contributed by atoms with E-state index in [9.17, 15) is 4.79 Å². The third kappa shape index (κ3) is 1.79. The lowest BCUT2D eigenvalue weighted by atomic mass is 10.3. The molecule has 0 saturated heterocycles. The number of hydrogen-bond acceptors (Lipinski definition) is 4. The van der Waals surface area contributed by atoms with E-state index in [4.69, 9.17) is 17.3 Å². The second-order valence-electron chi connectivity index (χ2n) is 3.21. The maximum Gasteiger partial charge on any atom is 0.326 e. The number of aromatic amines is 1. The van der Waals surface area contributed by atoms with Crippen LogP contribution in [0.2, 0.25) is 0 Å². The van der Waals surface area contributed by atoms with Crippen LogP contribution in [0.3, 0.4) is 0 Å². The van der Waals surface area contributed by atoms with Crippen LogP contribution in [0.5, 0.6) is 0 Å². The molecule has 5 nitrogen and oxygen atoms in total. The minimum absolute atomic E-state index is 0.318. The van der Waals surface area contributed by atoms with E-state index in [-0.39, 0.29) is 0 Å². The zero-order chi connectivity index (χ0) is 11.7. The number of aromatic nitrogens is 3. The summed E-state index contributed by atoms with van der Waals surface area (Å²) in [6.07, 6.45) is 0. The van der Waals surface area contributed by atoms with Crippen molar-refractivity contribution in [1.29, 1.82) is 0 Å². The van der Waals surface area contributed by atoms with Gasteiger partial charge >= 0.3 is 5.97 Å². The van der Waals surface area contributed by atoms with Gasteiger partial charge in [0, 0.05) is 0 Å². The largest absolute Gasteiger partial charge is 0.480 e. The predicted octanol–water partition coefficient (Wildman–Crippen LogP) is 2.31. The highest BCUT2D eigenvalue weighted by Gasteiger charge is 2.20. The molecule has 0 amide bonds. The number of H-pyrrole nitrogens is 1. The van der Waals surface area contributed by atoms with E-state index in [1.165, 1.54) is 15.9 Å². The van der Waals surface area contributed by atoms with Crippen LogP contribution in [-0.2, 0) is 4.79 Å². The first kappa shape index (κ1) is 11.0. The monoisotopic (exact) mass is 255 g/mol. The Morgan fingerprint density at radius 1 is 1.75 bits per heavy atom. The lowest BCUT2D eigenvalue weighted by Gasteiger charge is -2.09. The minimum atomic E-state index is -0.935. The summed E-state index contributed by atoms with van der Waals surface area (Å²) in [4.78, 5) is 11.9. The van der Waals surface area contributed by atoms with Gasteiger partial charge in [-0.05, 0) is 30.6 Å². The van der Waals surface area contributed by atoms with Gasteiger partial charge in [0.05, 0.1) is 4.88 Å². The van der Waals surface area contributed by atoms with Crippen LogP contribution in [-0.4, -0.2) is 25.8 Å². The van der Waals surface area contributed by atoms with Gasteiger partial charge in [0.25, 0.3) is 0 Å². The van der Waals surface area contributed by atoms with Gasteiger partial charge in [0.1, 0.15) is 6.04 Å². The van der Waals surface area contributed by atoms with E-state index >= 15 is 0 Å². The molecule has 2 N–H and O–H groups in total. The molecule has 0 unspecified atom stereocenters. The highest BCUT2D eigenvalue weighted by molar-refractivity contribution is 7.71. The molecule has 2 rings (SSSR count). The smallest absolute Gasteiger partial charge is 0.326 e. The van der Waals surface area contributed by atoms with Crippen molar-refractivity contribution in [3.8, 4) is 10.7 Å². The summed E-state index contributed by atoms with van der Waals surface area (Å²) >= 11 is 6.52. The standard InChI is InChI=1S/C9H9N3O2S2/c1-5(8(13)14)12-7(10-11-9(12)15)6-3-2-4-16-6/h2-5H,1H3,(H,11,15)(H,13,14)/t5-/m0/s1. The van der Waals surface area contributed by atoms with Gasteiger partial charge in [-0.25, -0.2) is 4.79 Å². The normalized spacial score (nSPS) is 12.6. The van der Waals surface area contributed by atoms with E-state index < -0.39 is 12.0 Å². The zero-order valence-electron chi connectivity index (χ0n) is 8.38. The molecule has 0 aromatic carbocycles. The minimum Gasteiger partial charge on any atom is -0.480 e. The number of carboxylic acids is 1.